The molecule has 1 atom stereocenters. The lowest BCUT2D eigenvalue weighted by atomic mass is 9.97. The van der Waals surface area contributed by atoms with E-state index in [0.717, 1.165) is 49.9 Å². The molecule has 0 radical (unpaired) electrons. The van der Waals surface area contributed by atoms with Gasteiger partial charge in [0.2, 0.25) is 0 Å². The van der Waals surface area contributed by atoms with Crippen molar-refractivity contribution < 1.29 is 18.4 Å². The Morgan fingerprint density at radius 3 is 2.76 bits per heavy atom. The van der Waals surface area contributed by atoms with E-state index in [1.165, 1.54) is 24.4 Å². The van der Waals surface area contributed by atoms with E-state index in [2.05, 4.69) is 20.5 Å². The summed E-state index contributed by atoms with van der Waals surface area (Å²) in [5.41, 5.74) is 0.831. The Bertz CT molecular complexity index is 981. The molecule has 12 heteroatoms. The maximum absolute atomic E-state index is 13.6. The third-order valence-electron chi connectivity index (χ3n) is 5.99. The molecule has 1 saturated heterocycles. The quantitative estimate of drug-likeness (QED) is 0.651. The van der Waals surface area contributed by atoms with Crippen LogP contribution in [0, 0.1) is 16.8 Å². The minimum atomic E-state index is -1.02. The van der Waals surface area contributed by atoms with Gasteiger partial charge in [0.05, 0.1) is 30.2 Å². The molecule has 3 aliphatic rings. The Kier molecular flexibility index (Phi) is 6.98. The van der Waals surface area contributed by atoms with E-state index in [1.807, 2.05) is 0 Å². The number of hydrogen-bond donors (Lipinski definition) is 2. The number of aliphatic imine (C=N–C) groups is 1. The fourth-order valence-electron chi connectivity index (χ4n) is 4.11. The van der Waals surface area contributed by atoms with Crippen LogP contribution in [0.15, 0.2) is 34.5 Å². The van der Waals surface area contributed by atoms with E-state index in [-0.39, 0.29) is 24.2 Å². The smallest absolute Gasteiger partial charge is 0.322 e. The average molecular weight is 462 g/mol. The summed E-state index contributed by atoms with van der Waals surface area (Å²) in [7, 11) is 1.33. The van der Waals surface area contributed by atoms with Crippen LogP contribution in [0.1, 0.15) is 5.56 Å². The number of benzene rings is 1. The second kappa shape index (κ2) is 9.91. The summed E-state index contributed by atoms with van der Waals surface area (Å²) in [6.45, 7) is 4.81. The molecule has 1 fully saturated rings. The Hall–Kier alpha value is -2.93. The van der Waals surface area contributed by atoms with Crippen LogP contribution in [-0.2, 0) is 11.2 Å². The molecule has 1 aromatic rings. The van der Waals surface area contributed by atoms with Crippen LogP contribution in [0.4, 0.5) is 13.6 Å². The van der Waals surface area contributed by atoms with Crippen molar-refractivity contribution in [2.24, 2.45) is 4.99 Å². The molecule has 0 aromatic heterocycles. The van der Waals surface area contributed by atoms with E-state index < -0.39 is 29.6 Å². The number of halogens is 2. The van der Waals surface area contributed by atoms with Crippen LogP contribution >= 0.6 is 0 Å². The first-order chi connectivity index (χ1) is 15.8. The first-order valence-corrected chi connectivity index (χ1v) is 10.8. The highest BCUT2D eigenvalue weighted by molar-refractivity contribution is 5.99. The Morgan fingerprint density at radius 1 is 1.27 bits per heavy atom. The van der Waals surface area contributed by atoms with Crippen molar-refractivity contribution in [3.8, 4) is 0 Å². The number of carbonyl (C=O) groups is 2. The second-order valence-corrected chi connectivity index (χ2v) is 8.16. The van der Waals surface area contributed by atoms with Gasteiger partial charge >= 0.3 is 6.03 Å². The Morgan fingerprint density at radius 2 is 2.03 bits per heavy atom. The number of likely N-dealkylation sites (N-methyl/N-ethyl adjacent to an activating group) is 1. The second-order valence-electron chi connectivity index (χ2n) is 8.16. The molecule has 178 valence electrons. The van der Waals surface area contributed by atoms with Crippen molar-refractivity contribution in [2.75, 3.05) is 52.9 Å². The molecule has 1 unspecified atom stereocenters. The number of hydroxylamine groups is 1. The molecule has 3 amide bonds. The summed E-state index contributed by atoms with van der Waals surface area (Å²) in [5, 5.41) is 20.2. The predicted molar refractivity (Wildman–Crippen MR) is 117 cm³/mol. The van der Waals surface area contributed by atoms with E-state index in [1.54, 1.807) is 0 Å². The van der Waals surface area contributed by atoms with Gasteiger partial charge in [0.25, 0.3) is 5.91 Å². The first kappa shape index (κ1) is 23.2. The third-order valence-corrected chi connectivity index (χ3v) is 5.99. The van der Waals surface area contributed by atoms with Crippen LogP contribution in [0.3, 0.4) is 0 Å². The minimum Gasteiger partial charge on any atom is -0.767 e. The lowest BCUT2D eigenvalue weighted by Gasteiger charge is -2.48. The lowest BCUT2D eigenvalue weighted by Crippen LogP contribution is -2.55. The zero-order valence-corrected chi connectivity index (χ0v) is 18.3. The molecular weight excluding hydrogens is 436 g/mol. The van der Waals surface area contributed by atoms with Crippen molar-refractivity contribution in [1.82, 2.24) is 30.6 Å². The van der Waals surface area contributed by atoms with E-state index in [4.69, 9.17) is 0 Å². The standard InChI is InChI=1S/C21H26F2N7O3/c1-27-20(31)15-12-29(21(32)25-6-9-28-7-4-24-5-8-28)13-26-19(15)18(30(27)33)11-14-2-3-16(22)17(23)10-14/h2-3,10,13,18,24H,4-9,11-12H2,1H3,(H,25,32)/q-1. The summed E-state index contributed by atoms with van der Waals surface area (Å²) in [5.74, 6) is -2.56. The van der Waals surface area contributed by atoms with Crippen LogP contribution < -0.4 is 10.6 Å². The molecule has 2 N–H and O–H groups in total. The fourth-order valence-corrected chi connectivity index (χ4v) is 4.11. The topological polar surface area (TPSA) is 107 Å². The van der Waals surface area contributed by atoms with Gasteiger partial charge in [-0.3, -0.25) is 24.8 Å². The third kappa shape index (κ3) is 5.03. The molecule has 3 aliphatic heterocycles. The molecule has 10 nitrogen and oxygen atoms in total. The largest absolute Gasteiger partial charge is 0.767 e. The van der Waals surface area contributed by atoms with Gasteiger partial charge in [-0.2, -0.15) is 0 Å². The number of rotatable bonds is 5. The fraction of sp³-hybridized carbons (Fsp3) is 0.476. The number of nitrogens with one attached hydrogen (secondary N) is 2. The molecule has 4 rings (SSSR count). The highest BCUT2D eigenvalue weighted by Crippen LogP contribution is 2.30. The molecule has 0 saturated carbocycles. The number of piperazine rings is 1. The van der Waals surface area contributed by atoms with E-state index >= 15 is 0 Å². The van der Waals surface area contributed by atoms with Gasteiger partial charge in [-0.05, 0) is 24.1 Å². The molecule has 0 bridgehead atoms. The first-order valence-electron chi connectivity index (χ1n) is 10.8. The number of nitrogens with zero attached hydrogens (tertiary/aromatic N) is 5. The molecular formula is C21H26F2N7O3-. The Balaban J connectivity index is 1.44. The number of carbonyl (C=O) groups excluding carboxylic acids is 2. The normalized spacial score (nSPS) is 22.1. The molecule has 1 aromatic carbocycles. The number of hydrogen-bond acceptors (Lipinski definition) is 7. The summed E-state index contributed by atoms with van der Waals surface area (Å²) in [6, 6.07) is 2.08. The molecule has 3 heterocycles. The molecule has 33 heavy (non-hydrogen) atoms. The van der Waals surface area contributed by atoms with Crippen LogP contribution in [0.5, 0.6) is 0 Å². The Labute approximate surface area is 190 Å². The van der Waals surface area contributed by atoms with Gasteiger partial charge in [0.15, 0.2) is 11.6 Å². The number of urea groups is 1. The summed E-state index contributed by atoms with van der Waals surface area (Å²) >= 11 is 0. The van der Waals surface area contributed by atoms with Gasteiger partial charge in [-0.1, -0.05) is 6.07 Å². The van der Waals surface area contributed by atoms with Gasteiger partial charge in [0, 0.05) is 46.3 Å². The molecule has 0 aliphatic carbocycles. The predicted octanol–water partition coefficient (Wildman–Crippen LogP) is 0.276. The van der Waals surface area contributed by atoms with Crippen molar-refractivity contribution in [3.05, 3.63) is 51.9 Å². The average Bonchev–Trinajstić information content (AvgIpc) is 2.83. The summed E-state index contributed by atoms with van der Waals surface area (Å²) in [6.07, 6.45) is 1.31. The van der Waals surface area contributed by atoms with Gasteiger partial charge in [-0.15, -0.1) is 0 Å². The zero-order chi connectivity index (χ0) is 23.5. The van der Waals surface area contributed by atoms with Crippen LogP contribution in [-0.4, -0.2) is 97.2 Å². The maximum Gasteiger partial charge on any atom is 0.322 e. The van der Waals surface area contributed by atoms with E-state index in [0.29, 0.717) is 17.3 Å². The summed E-state index contributed by atoms with van der Waals surface area (Å²) < 4.78 is 26.9. The van der Waals surface area contributed by atoms with Crippen molar-refractivity contribution in [1.29, 1.82) is 0 Å². The maximum atomic E-state index is 13.6. The highest BCUT2D eigenvalue weighted by Gasteiger charge is 2.37. The highest BCUT2D eigenvalue weighted by atomic mass is 19.2. The summed E-state index contributed by atoms with van der Waals surface area (Å²) in [4.78, 5) is 33.1. The van der Waals surface area contributed by atoms with Crippen LogP contribution in [0.2, 0.25) is 0 Å². The van der Waals surface area contributed by atoms with Gasteiger partial charge < -0.3 is 15.8 Å². The zero-order valence-electron chi connectivity index (χ0n) is 18.3. The van der Waals surface area contributed by atoms with Gasteiger partial charge in [0.1, 0.15) is 0 Å². The minimum absolute atomic E-state index is 0.0192. The monoisotopic (exact) mass is 462 g/mol. The van der Waals surface area contributed by atoms with Crippen LogP contribution in [0.25, 0.3) is 0 Å². The van der Waals surface area contributed by atoms with E-state index in [9.17, 15) is 23.6 Å². The lowest BCUT2D eigenvalue weighted by molar-refractivity contribution is -0.141. The SMILES string of the molecule is CN1C(=O)C2=C(N=CN(C(=O)NCCN3CCNCC3)C2)C(Cc2ccc(F)c(F)c2)N1[O-]. The number of amides is 3. The van der Waals surface area contributed by atoms with Gasteiger partial charge in [-0.25, -0.2) is 18.6 Å². The van der Waals surface area contributed by atoms with Crippen molar-refractivity contribution in [2.45, 2.75) is 12.5 Å². The van der Waals surface area contributed by atoms with Crippen molar-refractivity contribution >= 4 is 18.3 Å². The van der Waals surface area contributed by atoms with Crippen molar-refractivity contribution in [3.63, 3.8) is 0 Å². The molecule has 0 spiro atoms. The number of hydrazine groups is 1.